The minimum absolute atomic E-state index is 0.285. The molecule has 0 saturated carbocycles. The predicted octanol–water partition coefficient (Wildman–Crippen LogP) is 1.65. The van der Waals surface area contributed by atoms with Gasteiger partial charge in [-0.2, -0.15) is 0 Å². The number of carbonyl (C=O) groups excluding carboxylic acids is 1. The lowest BCUT2D eigenvalue weighted by Gasteiger charge is -1.95. The van der Waals surface area contributed by atoms with Crippen molar-refractivity contribution in [2.75, 3.05) is 0 Å². The highest BCUT2D eigenvalue weighted by Gasteiger charge is 2.13. The molecule has 0 radical (unpaired) electrons. The van der Waals surface area contributed by atoms with Gasteiger partial charge in [-0.25, -0.2) is 4.68 Å². The van der Waals surface area contributed by atoms with E-state index in [1.807, 2.05) is 0 Å². The minimum Gasteiger partial charge on any atom is -0.452 e. The second kappa shape index (κ2) is 3.38. The van der Waals surface area contributed by atoms with Crippen molar-refractivity contribution in [1.82, 2.24) is 15.0 Å². The minimum atomic E-state index is 0.285. The van der Waals surface area contributed by atoms with E-state index in [0.29, 0.717) is 22.3 Å². The molecule has 2 aromatic heterocycles. The summed E-state index contributed by atoms with van der Waals surface area (Å²) in [6.45, 7) is 0. The number of aldehydes is 1. The summed E-state index contributed by atoms with van der Waals surface area (Å²) < 4.78 is 7.40. The van der Waals surface area contributed by atoms with E-state index >= 15 is 0 Å². The van der Waals surface area contributed by atoms with Gasteiger partial charge in [0.25, 0.3) is 0 Å². The van der Waals surface area contributed by atoms with Crippen LogP contribution >= 0.6 is 15.9 Å². The van der Waals surface area contributed by atoms with E-state index in [4.69, 9.17) is 4.42 Å². The zero-order chi connectivity index (χ0) is 10.1. The third kappa shape index (κ3) is 1.37. The highest BCUT2D eigenvalue weighted by Crippen LogP contribution is 2.26. The Hall–Kier alpha value is -1.43. The first-order chi connectivity index (χ1) is 6.72. The molecule has 5 nitrogen and oxygen atoms in total. The molecule has 0 bridgehead atoms. The first-order valence-corrected chi connectivity index (χ1v) is 4.62. The molecule has 2 aromatic rings. The first kappa shape index (κ1) is 9.14. The smallest absolute Gasteiger partial charge is 0.185 e. The van der Waals surface area contributed by atoms with E-state index in [-0.39, 0.29) is 5.76 Å². The molecule has 6 heteroatoms. The number of hydrogen-bond donors (Lipinski definition) is 0. The van der Waals surface area contributed by atoms with Gasteiger partial charge < -0.3 is 4.42 Å². The average Bonchev–Trinajstić information content (AvgIpc) is 2.73. The molecule has 14 heavy (non-hydrogen) atoms. The molecule has 0 aliphatic heterocycles. The van der Waals surface area contributed by atoms with Crippen LogP contribution in [0.1, 0.15) is 10.6 Å². The van der Waals surface area contributed by atoms with Crippen molar-refractivity contribution in [1.29, 1.82) is 0 Å². The Balaban J connectivity index is 2.53. The maximum absolute atomic E-state index is 10.4. The topological polar surface area (TPSA) is 60.9 Å². The summed E-state index contributed by atoms with van der Waals surface area (Å²) in [5.41, 5.74) is 0.707. The van der Waals surface area contributed by atoms with Crippen molar-refractivity contribution in [3.8, 4) is 11.5 Å². The summed E-state index contributed by atoms with van der Waals surface area (Å²) in [4.78, 5) is 10.4. The van der Waals surface area contributed by atoms with Gasteiger partial charge in [0.1, 0.15) is 5.69 Å². The van der Waals surface area contributed by atoms with Gasteiger partial charge in [0.15, 0.2) is 22.4 Å². The Morgan fingerprint density at radius 1 is 1.57 bits per heavy atom. The summed E-state index contributed by atoms with van der Waals surface area (Å²) in [6, 6.07) is 3.30. The van der Waals surface area contributed by atoms with E-state index in [1.54, 1.807) is 23.9 Å². The average molecular weight is 256 g/mol. The lowest BCUT2D eigenvalue weighted by atomic mass is 10.3. The first-order valence-electron chi connectivity index (χ1n) is 3.83. The number of aryl methyl sites for hydroxylation is 1. The molecule has 0 fully saturated rings. The monoisotopic (exact) mass is 255 g/mol. The van der Waals surface area contributed by atoms with E-state index in [0.717, 1.165) is 0 Å². The standard InChI is InChI=1S/C8H6BrN3O2/c1-12-7(8(9)10-11-12)6-3-2-5(4-13)14-6/h2-4H,1H3. The largest absolute Gasteiger partial charge is 0.452 e. The number of furan rings is 1. The van der Waals surface area contributed by atoms with Crippen molar-refractivity contribution in [3.05, 3.63) is 22.5 Å². The van der Waals surface area contributed by atoms with Crippen molar-refractivity contribution >= 4 is 22.2 Å². The predicted molar refractivity (Wildman–Crippen MR) is 51.8 cm³/mol. The van der Waals surface area contributed by atoms with Crippen LogP contribution in [0.2, 0.25) is 0 Å². The lowest BCUT2D eigenvalue weighted by molar-refractivity contribution is 0.110. The molecular formula is C8H6BrN3O2. The van der Waals surface area contributed by atoms with E-state index in [9.17, 15) is 4.79 Å². The van der Waals surface area contributed by atoms with Gasteiger partial charge in [-0.3, -0.25) is 4.79 Å². The molecule has 0 aromatic carbocycles. The molecule has 0 amide bonds. The maximum Gasteiger partial charge on any atom is 0.185 e. The molecule has 2 rings (SSSR count). The number of halogens is 1. The molecule has 0 aliphatic rings. The van der Waals surface area contributed by atoms with Gasteiger partial charge >= 0.3 is 0 Å². The molecule has 0 atom stereocenters. The fraction of sp³-hybridized carbons (Fsp3) is 0.125. The van der Waals surface area contributed by atoms with Crippen LogP contribution in [0.25, 0.3) is 11.5 Å². The molecule has 0 unspecified atom stereocenters. The van der Waals surface area contributed by atoms with Crippen molar-refractivity contribution in [2.45, 2.75) is 0 Å². The number of carbonyl (C=O) groups is 1. The Labute approximate surface area is 87.8 Å². The third-order valence-corrected chi connectivity index (χ3v) is 2.30. The fourth-order valence-electron chi connectivity index (χ4n) is 1.14. The van der Waals surface area contributed by atoms with Crippen LogP contribution in [0.4, 0.5) is 0 Å². The third-order valence-electron chi connectivity index (χ3n) is 1.76. The zero-order valence-electron chi connectivity index (χ0n) is 7.27. The second-order valence-electron chi connectivity index (χ2n) is 2.67. The van der Waals surface area contributed by atoms with E-state index in [1.165, 1.54) is 0 Å². The summed E-state index contributed by atoms with van der Waals surface area (Å²) in [7, 11) is 1.75. The highest BCUT2D eigenvalue weighted by molar-refractivity contribution is 9.10. The van der Waals surface area contributed by atoms with Crippen LogP contribution in [0.15, 0.2) is 21.2 Å². The quantitative estimate of drug-likeness (QED) is 0.766. The Morgan fingerprint density at radius 2 is 2.36 bits per heavy atom. The molecule has 2 heterocycles. The van der Waals surface area contributed by atoms with Crippen LogP contribution < -0.4 is 0 Å². The molecule has 0 aliphatic carbocycles. The summed E-state index contributed by atoms with van der Waals surface area (Å²) in [5.74, 6) is 0.847. The molecule has 0 spiro atoms. The fourth-order valence-corrected chi connectivity index (χ4v) is 1.66. The van der Waals surface area contributed by atoms with Crippen LogP contribution in [-0.4, -0.2) is 21.3 Å². The zero-order valence-corrected chi connectivity index (χ0v) is 8.85. The maximum atomic E-state index is 10.4. The van der Waals surface area contributed by atoms with Crippen LogP contribution in [0, 0.1) is 0 Å². The number of hydrogen-bond acceptors (Lipinski definition) is 4. The number of nitrogens with zero attached hydrogens (tertiary/aromatic N) is 3. The second-order valence-corrected chi connectivity index (χ2v) is 3.42. The number of aromatic nitrogens is 3. The molecule has 0 saturated heterocycles. The van der Waals surface area contributed by atoms with Crippen LogP contribution in [0.5, 0.6) is 0 Å². The van der Waals surface area contributed by atoms with Crippen molar-refractivity contribution < 1.29 is 9.21 Å². The van der Waals surface area contributed by atoms with Crippen molar-refractivity contribution in [3.63, 3.8) is 0 Å². The van der Waals surface area contributed by atoms with E-state index < -0.39 is 0 Å². The molecule has 0 N–H and O–H groups in total. The SMILES string of the molecule is Cn1nnc(Br)c1-c1ccc(C=O)o1. The normalized spacial score (nSPS) is 10.4. The van der Waals surface area contributed by atoms with Gasteiger partial charge in [-0.1, -0.05) is 5.21 Å². The summed E-state index contributed by atoms with van der Waals surface area (Å²) >= 11 is 3.24. The van der Waals surface area contributed by atoms with Gasteiger partial charge in [0, 0.05) is 7.05 Å². The summed E-state index contributed by atoms with van der Waals surface area (Å²) in [5, 5.41) is 7.61. The highest BCUT2D eigenvalue weighted by atomic mass is 79.9. The van der Waals surface area contributed by atoms with Gasteiger partial charge in [0.05, 0.1) is 0 Å². The molecule has 72 valence electrons. The Bertz CT molecular complexity index is 455. The van der Waals surface area contributed by atoms with Gasteiger partial charge in [-0.05, 0) is 28.1 Å². The summed E-state index contributed by atoms with van der Waals surface area (Å²) in [6.07, 6.45) is 0.654. The van der Waals surface area contributed by atoms with E-state index in [2.05, 4.69) is 26.2 Å². The van der Waals surface area contributed by atoms with Crippen LogP contribution in [-0.2, 0) is 7.05 Å². The van der Waals surface area contributed by atoms with Crippen molar-refractivity contribution in [2.24, 2.45) is 7.05 Å². The molecular weight excluding hydrogens is 250 g/mol. The van der Waals surface area contributed by atoms with Crippen LogP contribution in [0.3, 0.4) is 0 Å². The Morgan fingerprint density at radius 3 is 2.86 bits per heavy atom. The Kier molecular flexibility index (Phi) is 2.20. The number of rotatable bonds is 2. The lowest BCUT2D eigenvalue weighted by Crippen LogP contribution is -1.92. The van der Waals surface area contributed by atoms with Gasteiger partial charge in [0.2, 0.25) is 0 Å². The van der Waals surface area contributed by atoms with Gasteiger partial charge in [-0.15, -0.1) is 5.10 Å².